The number of hydrogen-bond donors (Lipinski definition) is 1. The Hall–Kier alpha value is -1.81. The quantitative estimate of drug-likeness (QED) is 0.768. The van der Waals surface area contributed by atoms with E-state index in [0.29, 0.717) is 0 Å². The van der Waals surface area contributed by atoms with E-state index in [1.807, 2.05) is 23.8 Å². The fourth-order valence-electron chi connectivity index (χ4n) is 1.89. The molecule has 2 aromatic heterocycles. The molecule has 0 radical (unpaired) electrons. The van der Waals surface area contributed by atoms with Crippen LogP contribution in [0.2, 0.25) is 0 Å². The third kappa shape index (κ3) is 1.91. The molecule has 17 heavy (non-hydrogen) atoms. The molecule has 3 nitrogen and oxygen atoms in total. The predicted octanol–water partition coefficient (Wildman–Crippen LogP) is 3.22. The highest BCUT2D eigenvalue weighted by molar-refractivity contribution is 7.16. The van der Waals surface area contributed by atoms with E-state index in [9.17, 15) is 0 Å². The van der Waals surface area contributed by atoms with Gasteiger partial charge in [0.25, 0.3) is 0 Å². The van der Waals surface area contributed by atoms with E-state index in [1.54, 1.807) is 18.4 Å². The van der Waals surface area contributed by atoms with Crippen LogP contribution in [0.3, 0.4) is 0 Å². The number of aromatic nitrogens is 2. The highest BCUT2D eigenvalue weighted by Crippen LogP contribution is 2.24. The molecule has 1 aromatic carbocycles. The highest BCUT2D eigenvalue weighted by atomic mass is 32.1. The molecule has 1 N–H and O–H groups in total. The number of nitrogens with one attached hydrogen (secondary N) is 1. The zero-order valence-corrected chi connectivity index (χ0v) is 10.3. The molecule has 0 aliphatic carbocycles. The number of rotatable bonds is 3. The van der Waals surface area contributed by atoms with Crippen molar-refractivity contribution in [2.24, 2.45) is 0 Å². The molecule has 2 heterocycles. The molecule has 0 spiro atoms. The first kappa shape index (κ1) is 10.4. The molecule has 0 fully saturated rings. The lowest BCUT2D eigenvalue weighted by Gasteiger charge is -2.02. The topological polar surface area (TPSA) is 37.9 Å². The predicted molar refractivity (Wildman–Crippen MR) is 69.8 cm³/mol. The van der Waals surface area contributed by atoms with Gasteiger partial charge in [0.1, 0.15) is 11.4 Å². The van der Waals surface area contributed by atoms with Crippen molar-refractivity contribution in [3.05, 3.63) is 47.1 Å². The van der Waals surface area contributed by atoms with Crippen molar-refractivity contribution in [3.63, 3.8) is 0 Å². The van der Waals surface area contributed by atoms with E-state index in [2.05, 4.69) is 22.1 Å². The van der Waals surface area contributed by atoms with Crippen molar-refractivity contribution in [1.29, 1.82) is 0 Å². The largest absolute Gasteiger partial charge is 0.497 e. The maximum absolute atomic E-state index is 5.15. The molecule has 0 aliphatic rings. The molecular weight excluding hydrogens is 232 g/mol. The first-order valence-corrected chi connectivity index (χ1v) is 6.27. The lowest BCUT2D eigenvalue weighted by molar-refractivity contribution is 0.414. The summed E-state index contributed by atoms with van der Waals surface area (Å²) in [6.07, 6.45) is 2.96. The minimum Gasteiger partial charge on any atom is -0.497 e. The number of nitrogens with zero attached hydrogens (tertiary/aromatic N) is 1. The van der Waals surface area contributed by atoms with Gasteiger partial charge in [-0.1, -0.05) is 12.1 Å². The molecule has 0 bridgehead atoms. The normalized spacial score (nSPS) is 10.9. The van der Waals surface area contributed by atoms with Crippen LogP contribution < -0.4 is 4.74 Å². The maximum atomic E-state index is 5.15. The molecule has 3 rings (SSSR count). The number of fused-ring (bicyclic) bond motifs is 1. The van der Waals surface area contributed by atoms with E-state index in [-0.39, 0.29) is 0 Å². The number of methoxy groups -OCH3 is 1. The summed E-state index contributed by atoms with van der Waals surface area (Å²) < 4.78 is 6.40. The van der Waals surface area contributed by atoms with Crippen LogP contribution in [0, 0.1) is 0 Å². The van der Waals surface area contributed by atoms with E-state index < -0.39 is 0 Å². The summed E-state index contributed by atoms with van der Waals surface area (Å²) in [7, 11) is 1.68. The van der Waals surface area contributed by atoms with Gasteiger partial charge >= 0.3 is 0 Å². The number of ether oxygens (including phenoxy) is 1. The van der Waals surface area contributed by atoms with Gasteiger partial charge in [-0.05, 0) is 23.3 Å². The van der Waals surface area contributed by atoms with Crippen LogP contribution in [0.25, 0.3) is 10.3 Å². The highest BCUT2D eigenvalue weighted by Gasteiger charge is 2.06. The number of hydrogen-bond acceptors (Lipinski definition) is 3. The number of thiazole rings is 1. The van der Waals surface area contributed by atoms with E-state index in [1.165, 1.54) is 15.8 Å². The van der Waals surface area contributed by atoms with Crippen molar-refractivity contribution in [2.45, 2.75) is 6.42 Å². The monoisotopic (exact) mass is 244 g/mol. The molecule has 0 saturated heterocycles. The van der Waals surface area contributed by atoms with Gasteiger partial charge in [-0.15, -0.1) is 11.3 Å². The molecule has 86 valence electrons. The van der Waals surface area contributed by atoms with Gasteiger partial charge in [0.05, 0.1) is 17.3 Å². The van der Waals surface area contributed by atoms with Crippen LogP contribution in [0.5, 0.6) is 5.75 Å². The fraction of sp³-hybridized carbons (Fsp3) is 0.154. The Labute approximate surface area is 103 Å². The summed E-state index contributed by atoms with van der Waals surface area (Å²) >= 11 is 1.68. The molecule has 3 aromatic rings. The SMILES string of the molecule is COc1ccc(Cc2c[nH]c3ncsc23)cc1. The Kier molecular flexibility index (Phi) is 2.57. The van der Waals surface area contributed by atoms with Crippen LogP contribution in [0.1, 0.15) is 11.1 Å². The Morgan fingerprint density at radius 3 is 2.88 bits per heavy atom. The molecule has 0 aliphatic heterocycles. The Bertz CT molecular complexity index is 624. The van der Waals surface area contributed by atoms with Gasteiger partial charge in [0.15, 0.2) is 0 Å². The second-order valence-corrected chi connectivity index (χ2v) is 4.72. The first-order valence-electron chi connectivity index (χ1n) is 5.39. The molecule has 0 amide bonds. The Morgan fingerprint density at radius 1 is 1.29 bits per heavy atom. The molecule has 0 unspecified atom stereocenters. The average Bonchev–Trinajstić information content (AvgIpc) is 2.95. The van der Waals surface area contributed by atoms with Gasteiger partial charge < -0.3 is 9.72 Å². The van der Waals surface area contributed by atoms with Gasteiger partial charge in [0.2, 0.25) is 0 Å². The number of benzene rings is 1. The third-order valence-corrected chi connectivity index (χ3v) is 3.70. The van der Waals surface area contributed by atoms with Crippen molar-refractivity contribution < 1.29 is 4.74 Å². The standard InChI is InChI=1S/C13H12N2OS/c1-16-11-4-2-9(3-5-11)6-10-7-14-13-12(10)17-8-15-13/h2-5,7-8,14H,6H2,1H3. The van der Waals surface area contributed by atoms with E-state index in [4.69, 9.17) is 4.74 Å². The Morgan fingerprint density at radius 2 is 2.12 bits per heavy atom. The zero-order chi connectivity index (χ0) is 11.7. The molecule has 0 saturated carbocycles. The van der Waals surface area contributed by atoms with Crippen LogP contribution in [0.15, 0.2) is 36.0 Å². The van der Waals surface area contributed by atoms with Crippen LogP contribution in [-0.2, 0) is 6.42 Å². The summed E-state index contributed by atoms with van der Waals surface area (Å²) in [4.78, 5) is 7.44. The lowest BCUT2D eigenvalue weighted by atomic mass is 10.1. The minimum atomic E-state index is 0.894. The van der Waals surface area contributed by atoms with Crippen molar-refractivity contribution in [2.75, 3.05) is 7.11 Å². The number of aromatic amines is 1. The molecule has 4 heteroatoms. The zero-order valence-electron chi connectivity index (χ0n) is 9.43. The van der Waals surface area contributed by atoms with Crippen molar-refractivity contribution >= 4 is 21.7 Å². The summed E-state index contributed by atoms with van der Waals surface area (Å²) in [6.45, 7) is 0. The summed E-state index contributed by atoms with van der Waals surface area (Å²) in [6, 6.07) is 8.18. The second-order valence-electron chi connectivity index (χ2n) is 3.87. The van der Waals surface area contributed by atoms with Crippen molar-refractivity contribution in [1.82, 2.24) is 9.97 Å². The van der Waals surface area contributed by atoms with Crippen molar-refractivity contribution in [3.8, 4) is 5.75 Å². The minimum absolute atomic E-state index is 0.894. The summed E-state index contributed by atoms with van der Waals surface area (Å²) in [5, 5.41) is 0. The van der Waals surface area contributed by atoms with Crippen LogP contribution in [0.4, 0.5) is 0 Å². The van der Waals surface area contributed by atoms with Gasteiger partial charge in [-0.3, -0.25) is 0 Å². The van der Waals surface area contributed by atoms with Crippen LogP contribution >= 0.6 is 11.3 Å². The Balaban J connectivity index is 1.89. The van der Waals surface area contributed by atoms with Gasteiger partial charge in [0, 0.05) is 12.6 Å². The summed E-state index contributed by atoms with van der Waals surface area (Å²) in [5.74, 6) is 0.894. The number of H-pyrrole nitrogens is 1. The van der Waals surface area contributed by atoms with Gasteiger partial charge in [-0.25, -0.2) is 4.98 Å². The smallest absolute Gasteiger partial charge is 0.148 e. The van der Waals surface area contributed by atoms with E-state index in [0.717, 1.165) is 17.8 Å². The summed E-state index contributed by atoms with van der Waals surface area (Å²) in [5.41, 5.74) is 5.44. The fourth-order valence-corrected chi connectivity index (χ4v) is 2.66. The second kappa shape index (κ2) is 4.22. The van der Waals surface area contributed by atoms with E-state index >= 15 is 0 Å². The maximum Gasteiger partial charge on any atom is 0.148 e. The average molecular weight is 244 g/mol. The van der Waals surface area contributed by atoms with Crippen LogP contribution in [-0.4, -0.2) is 17.1 Å². The molecule has 0 atom stereocenters. The molecular formula is C13H12N2OS. The van der Waals surface area contributed by atoms with Gasteiger partial charge in [-0.2, -0.15) is 0 Å². The third-order valence-electron chi connectivity index (χ3n) is 2.80. The first-order chi connectivity index (χ1) is 8.36. The lowest BCUT2D eigenvalue weighted by Crippen LogP contribution is -1.87.